The van der Waals surface area contributed by atoms with Crippen LogP contribution in [0.2, 0.25) is 0 Å². The number of nitrogens with zero attached hydrogens (tertiary/aromatic N) is 1. The Labute approximate surface area is 128 Å². The van der Waals surface area contributed by atoms with Crippen molar-refractivity contribution in [3.63, 3.8) is 0 Å². The quantitative estimate of drug-likeness (QED) is 0.909. The molecule has 1 heterocycles. The van der Waals surface area contributed by atoms with Gasteiger partial charge in [0.1, 0.15) is 0 Å². The minimum Gasteiger partial charge on any atom is -0.313 e. The third-order valence-corrected chi connectivity index (χ3v) is 5.87. The molecule has 0 amide bonds. The maximum Gasteiger partial charge on any atom is 0.235 e. The molecule has 0 aliphatic carbocycles. The third kappa shape index (κ3) is 3.77. The first-order chi connectivity index (χ1) is 9.95. The van der Waals surface area contributed by atoms with E-state index in [1.54, 1.807) is 4.31 Å². The van der Waals surface area contributed by atoms with Crippen LogP contribution in [0, 0.1) is 5.92 Å². The van der Waals surface area contributed by atoms with Crippen LogP contribution in [0.25, 0.3) is 0 Å². The SMILES string of the molecule is CNC1CCCN(S(=O)(=O)CCC(C)C)c2ccccc21. The molecule has 0 bridgehead atoms. The van der Waals surface area contributed by atoms with Gasteiger partial charge in [0.2, 0.25) is 10.0 Å². The highest BCUT2D eigenvalue weighted by Crippen LogP contribution is 2.34. The fraction of sp³-hybridized carbons (Fsp3) is 0.625. The van der Waals surface area contributed by atoms with E-state index >= 15 is 0 Å². The van der Waals surface area contributed by atoms with E-state index in [9.17, 15) is 8.42 Å². The van der Waals surface area contributed by atoms with Crippen molar-refractivity contribution in [3.05, 3.63) is 29.8 Å². The van der Waals surface area contributed by atoms with E-state index in [-0.39, 0.29) is 11.8 Å². The first-order valence-electron chi connectivity index (χ1n) is 7.72. The summed E-state index contributed by atoms with van der Waals surface area (Å²) in [5.74, 6) is 0.621. The summed E-state index contributed by atoms with van der Waals surface area (Å²) >= 11 is 0. The van der Waals surface area contributed by atoms with Crippen LogP contribution in [0.1, 0.15) is 44.7 Å². The summed E-state index contributed by atoms with van der Waals surface area (Å²) in [6, 6.07) is 8.09. The zero-order valence-electron chi connectivity index (χ0n) is 13.2. The van der Waals surface area contributed by atoms with Crippen LogP contribution in [0.4, 0.5) is 5.69 Å². The molecule has 2 rings (SSSR count). The maximum absolute atomic E-state index is 12.7. The maximum atomic E-state index is 12.7. The van der Waals surface area contributed by atoms with Crippen molar-refractivity contribution in [1.82, 2.24) is 5.32 Å². The van der Waals surface area contributed by atoms with Gasteiger partial charge < -0.3 is 5.32 Å². The summed E-state index contributed by atoms with van der Waals surface area (Å²) in [7, 11) is -1.31. The highest BCUT2D eigenvalue weighted by molar-refractivity contribution is 7.92. The lowest BCUT2D eigenvalue weighted by molar-refractivity contribution is 0.542. The topological polar surface area (TPSA) is 49.4 Å². The zero-order valence-corrected chi connectivity index (χ0v) is 14.0. The average Bonchev–Trinajstić information content (AvgIpc) is 2.65. The standard InChI is InChI=1S/C16H26N2O2S/c1-13(2)10-12-21(19,20)18-11-6-8-15(17-3)14-7-4-5-9-16(14)18/h4-5,7,9,13,15,17H,6,8,10-12H2,1-3H3. The monoisotopic (exact) mass is 310 g/mol. The van der Waals surface area contributed by atoms with E-state index in [1.165, 1.54) is 0 Å². The second-order valence-electron chi connectivity index (χ2n) is 6.11. The van der Waals surface area contributed by atoms with E-state index in [1.807, 2.05) is 31.3 Å². The van der Waals surface area contributed by atoms with Crippen molar-refractivity contribution in [2.45, 2.75) is 39.2 Å². The molecule has 1 N–H and O–H groups in total. The van der Waals surface area contributed by atoms with E-state index in [4.69, 9.17) is 0 Å². The van der Waals surface area contributed by atoms with Gasteiger partial charge in [0.05, 0.1) is 11.4 Å². The minimum absolute atomic E-state index is 0.225. The minimum atomic E-state index is -3.24. The number of hydrogen-bond donors (Lipinski definition) is 1. The molecule has 1 aliphatic heterocycles. The van der Waals surface area contributed by atoms with E-state index in [0.29, 0.717) is 18.9 Å². The van der Waals surface area contributed by atoms with Gasteiger partial charge in [0, 0.05) is 12.6 Å². The summed E-state index contributed by atoms with van der Waals surface area (Å²) in [6.07, 6.45) is 2.54. The molecule has 1 unspecified atom stereocenters. The lowest BCUT2D eigenvalue weighted by Crippen LogP contribution is -2.34. The molecule has 1 aromatic rings. The lowest BCUT2D eigenvalue weighted by Gasteiger charge is -2.25. The van der Waals surface area contributed by atoms with Gasteiger partial charge in [-0.1, -0.05) is 32.0 Å². The molecule has 0 saturated carbocycles. The highest BCUT2D eigenvalue weighted by atomic mass is 32.2. The molecular weight excluding hydrogens is 284 g/mol. The number of rotatable bonds is 5. The Balaban J connectivity index is 2.35. The van der Waals surface area contributed by atoms with Crippen molar-refractivity contribution in [1.29, 1.82) is 0 Å². The number of nitrogens with one attached hydrogen (secondary N) is 1. The van der Waals surface area contributed by atoms with Crippen molar-refractivity contribution in [3.8, 4) is 0 Å². The van der Waals surface area contributed by atoms with Crippen LogP contribution in [0.3, 0.4) is 0 Å². The number of benzene rings is 1. The first kappa shape index (κ1) is 16.3. The number of hydrogen-bond acceptors (Lipinski definition) is 3. The Morgan fingerprint density at radius 3 is 2.71 bits per heavy atom. The number of anilines is 1. The van der Waals surface area contributed by atoms with Crippen LogP contribution in [0.5, 0.6) is 0 Å². The molecule has 0 fully saturated rings. The second-order valence-corrected chi connectivity index (χ2v) is 8.13. The molecule has 5 heteroatoms. The zero-order chi connectivity index (χ0) is 15.5. The van der Waals surface area contributed by atoms with Crippen LogP contribution in [-0.2, 0) is 10.0 Å². The lowest BCUT2D eigenvalue weighted by atomic mass is 10.0. The molecule has 1 atom stereocenters. The fourth-order valence-electron chi connectivity index (χ4n) is 2.81. The predicted molar refractivity (Wildman–Crippen MR) is 88.1 cm³/mol. The molecular formula is C16H26N2O2S. The molecule has 0 aromatic heterocycles. The Bertz CT molecular complexity index is 569. The molecule has 118 valence electrons. The fourth-order valence-corrected chi connectivity index (χ4v) is 4.67. The van der Waals surface area contributed by atoms with E-state index < -0.39 is 10.0 Å². The van der Waals surface area contributed by atoms with Gasteiger partial charge in [-0.25, -0.2) is 8.42 Å². The molecule has 0 spiro atoms. The first-order valence-corrected chi connectivity index (χ1v) is 9.33. The second kappa shape index (κ2) is 6.79. The number of para-hydroxylation sites is 1. The van der Waals surface area contributed by atoms with Crippen LogP contribution in [0.15, 0.2) is 24.3 Å². The van der Waals surface area contributed by atoms with Gasteiger partial charge >= 0.3 is 0 Å². The van der Waals surface area contributed by atoms with Gasteiger partial charge in [-0.3, -0.25) is 4.31 Å². The highest BCUT2D eigenvalue weighted by Gasteiger charge is 2.29. The van der Waals surface area contributed by atoms with E-state index in [0.717, 1.165) is 24.1 Å². The van der Waals surface area contributed by atoms with Gasteiger partial charge in [-0.05, 0) is 43.9 Å². The predicted octanol–water partition coefficient (Wildman–Crippen LogP) is 2.92. The van der Waals surface area contributed by atoms with Gasteiger partial charge in [0.25, 0.3) is 0 Å². The van der Waals surface area contributed by atoms with Crippen molar-refractivity contribution in [2.24, 2.45) is 5.92 Å². The van der Waals surface area contributed by atoms with Crippen LogP contribution in [-0.4, -0.2) is 27.8 Å². The Morgan fingerprint density at radius 2 is 2.05 bits per heavy atom. The molecule has 21 heavy (non-hydrogen) atoms. The molecule has 1 aliphatic rings. The average molecular weight is 310 g/mol. The number of sulfonamides is 1. The molecule has 4 nitrogen and oxygen atoms in total. The Hall–Kier alpha value is -1.07. The molecule has 0 radical (unpaired) electrons. The summed E-state index contributed by atoms with van der Waals surface area (Å²) in [4.78, 5) is 0. The van der Waals surface area contributed by atoms with Crippen molar-refractivity contribution < 1.29 is 8.42 Å². The van der Waals surface area contributed by atoms with Crippen LogP contribution >= 0.6 is 0 Å². The molecule has 1 aromatic carbocycles. The summed E-state index contributed by atoms with van der Waals surface area (Å²) in [6.45, 7) is 4.70. The normalized spacial score (nSPS) is 19.4. The Morgan fingerprint density at radius 1 is 1.33 bits per heavy atom. The summed E-state index contributed by atoms with van der Waals surface area (Å²) < 4.78 is 27.0. The smallest absolute Gasteiger partial charge is 0.235 e. The van der Waals surface area contributed by atoms with Crippen molar-refractivity contribution in [2.75, 3.05) is 23.7 Å². The van der Waals surface area contributed by atoms with Gasteiger partial charge in [0.15, 0.2) is 0 Å². The van der Waals surface area contributed by atoms with Crippen LogP contribution < -0.4 is 9.62 Å². The van der Waals surface area contributed by atoms with E-state index in [2.05, 4.69) is 19.2 Å². The summed E-state index contributed by atoms with van der Waals surface area (Å²) in [5.41, 5.74) is 1.93. The molecule has 0 saturated heterocycles. The third-order valence-electron chi connectivity index (χ3n) is 4.07. The van der Waals surface area contributed by atoms with Gasteiger partial charge in [-0.15, -0.1) is 0 Å². The summed E-state index contributed by atoms with van der Waals surface area (Å²) in [5, 5.41) is 3.30. The number of fused-ring (bicyclic) bond motifs is 1. The van der Waals surface area contributed by atoms with Crippen molar-refractivity contribution >= 4 is 15.7 Å². The van der Waals surface area contributed by atoms with Gasteiger partial charge in [-0.2, -0.15) is 0 Å². The largest absolute Gasteiger partial charge is 0.313 e. The Kier molecular flexibility index (Phi) is 5.27.